The summed E-state index contributed by atoms with van der Waals surface area (Å²) in [4.78, 5) is 24.9. The summed E-state index contributed by atoms with van der Waals surface area (Å²) in [6.45, 7) is 0. The summed E-state index contributed by atoms with van der Waals surface area (Å²) >= 11 is 0. The normalized spacial score (nSPS) is 14.3. The van der Waals surface area contributed by atoms with Crippen LogP contribution in [0, 0.1) is 0 Å². The number of esters is 1. The van der Waals surface area contributed by atoms with Crippen LogP contribution in [0.4, 0.5) is 0 Å². The zero-order valence-electron chi connectivity index (χ0n) is 10.1. The number of hydrogen-bond donors (Lipinski definition) is 3. The highest BCUT2D eigenvalue weighted by molar-refractivity contribution is 5.69. The van der Waals surface area contributed by atoms with E-state index in [9.17, 15) is 19.8 Å². The second-order valence-electron chi connectivity index (χ2n) is 4.01. The van der Waals surface area contributed by atoms with E-state index in [0.29, 0.717) is 5.56 Å². The van der Waals surface area contributed by atoms with Crippen molar-refractivity contribution in [1.29, 1.82) is 0 Å². The van der Waals surface area contributed by atoms with Gasteiger partial charge in [0, 0.05) is 11.8 Å². The molecule has 0 bridgehead atoms. The van der Waals surface area contributed by atoms with E-state index in [-0.39, 0.29) is 17.5 Å². The summed E-state index contributed by atoms with van der Waals surface area (Å²) < 4.78 is 5.68. The van der Waals surface area contributed by atoms with Crippen LogP contribution in [0.1, 0.15) is 18.1 Å². The van der Waals surface area contributed by atoms with Gasteiger partial charge < -0.3 is 19.9 Å². The molecule has 0 fully saturated rings. The van der Waals surface area contributed by atoms with E-state index in [0.717, 1.165) is 0 Å². The Morgan fingerprint density at radius 3 is 2.95 bits per heavy atom. The van der Waals surface area contributed by atoms with E-state index in [4.69, 9.17) is 0 Å². The van der Waals surface area contributed by atoms with E-state index in [1.165, 1.54) is 30.2 Å². The molecule has 2 aromatic heterocycles. The lowest BCUT2D eigenvalue weighted by Gasteiger charge is -2.15. The minimum atomic E-state index is -1.32. The quantitative estimate of drug-likeness (QED) is 0.610. The Morgan fingerprint density at radius 2 is 2.32 bits per heavy atom. The summed E-state index contributed by atoms with van der Waals surface area (Å²) in [5.74, 6) is -0.633. The molecule has 0 aliphatic rings. The average Bonchev–Trinajstić information content (AvgIpc) is 2.83. The Labute approximate surface area is 107 Å². The summed E-state index contributed by atoms with van der Waals surface area (Å²) in [6.07, 6.45) is -0.330. The number of carbonyl (C=O) groups excluding carboxylic acids is 1. The Kier molecular flexibility index (Phi) is 3.63. The second kappa shape index (κ2) is 5.21. The third kappa shape index (κ3) is 2.64. The average molecular weight is 267 g/mol. The van der Waals surface area contributed by atoms with Gasteiger partial charge in [0.25, 0.3) is 5.56 Å². The van der Waals surface area contributed by atoms with Crippen molar-refractivity contribution in [3.8, 4) is 0 Å². The molecular weight excluding hydrogens is 254 g/mol. The van der Waals surface area contributed by atoms with Crippen LogP contribution in [-0.4, -0.2) is 44.0 Å². The first-order valence-corrected chi connectivity index (χ1v) is 5.52. The summed E-state index contributed by atoms with van der Waals surface area (Å²) in [6, 6.07) is 1.40. The maximum absolute atomic E-state index is 11.5. The van der Waals surface area contributed by atoms with Gasteiger partial charge >= 0.3 is 5.97 Å². The molecule has 102 valence electrons. The number of hydrogen-bond acceptors (Lipinski definition) is 6. The molecule has 0 amide bonds. The fourth-order valence-corrected chi connectivity index (χ4v) is 1.71. The van der Waals surface area contributed by atoms with Gasteiger partial charge in [-0.15, -0.1) is 0 Å². The molecule has 2 atom stereocenters. The van der Waals surface area contributed by atoms with E-state index in [1.807, 2.05) is 0 Å². The summed E-state index contributed by atoms with van der Waals surface area (Å²) in [5, 5.41) is 23.5. The number of aliphatic hydroxyl groups excluding tert-OH is 2. The molecule has 0 aromatic carbocycles. The number of nitrogens with zero attached hydrogens (tertiary/aromatic N) is 2. The highest BCUT2D eigenvalue weighted by Gasteiger charge is 2.23. The number of nitrogens with one attached hydrogen (secondary N) is 1. The molecule has 0 saturated heterocycles. The van der Waals surface area contributed by atoms with Crippen molar-refractivity contribution in [1.82, 2.24) is 14.6 Å². The van der Waals surface area contributed by atoms with Crippen LogP contribution in [0.15, 0.2) is 23.4 Å². The van der Waals surface area contributed by atoms with Crippen molar-refractivity contribution in [3.05, 3.63) is 34.5 Å². The number of methoxy groups -OCH3 is 1. The maximum atomic E-state index is 11.5. The molecule has 8 heteroatoms. The molecule has 19 heavy (non-hydrogen) atoms. The van der Waals surface area contributed by atoms with Crippen LogP contribution < -0.4 is 5.56 Å². The van der Waals surface area contributed by atoms with Crippen molar-refractivity contribution in [3.63, 3.8) is 0 Å². The second-order valence-corrected chi connectivity index (χ2v) is 4.01. The largest absolute Gasteiger partial charge is 0.469 e. The number of H-pyrrole nitrogens is 1. The number of aromatic amines is 1. The topological polar surface area (TPSA) is 117 Å². The third-order valence-electron chi connectivity index (χ3n) is 2.74. The molecular formula is C11H13N3O5. The van der Waals surface area contributed by atoms with Crippen molar-refractivity contribution in [2.24, 2.45) is 0 Å². The Hall–Kier alpha value is -2.19. The zero-order valence-corrected chi connectivity index (χ0v) is 10.1. The number of fused-ring (bicyclic) bond motifs is 1. The van der Waals surface area contributed by atoms with Gasteiger partial charge in [0.1, 0.15) is 17.9 Å². The fraction of sp³-hybridized carbons (Fsp3) is 0.364. The third-order valence-corrected chi connectivity index (χ3v) is 2.74. The highest BCUT2D eigenvalue weighted by atomic mass is 16.5. The first kappa shape index (κ1) is 13.2. The summed E-state index contributed by atoms with van der Waals surface area (Å²) in [7, 11) is 1.19. The minimum Gasteiger partial charge on any atom is -0.469 e. The maximum Gasteiger partial charge on any atom is 0.308 e. The molecule has 0 saturated carbocycles. The molecule has 0 spiro atoms. The zero-order chi connectivity index (χ0) is 14.0. The molecule has 0 radical (unpaired) electrons. The van der Waals surface area contributed by atoms with Crippen LogP contribution in [0.25, 0.3) is 5.52 Å². The monoisotopic (exact) mass is 267 g/mol. The lowest BCUT2D eigenvalue weighted by Crippen LogP contribution is -2.22. The number of rotatable bonds is 4. The van der Waals surface area contributed by atoms with Crippen molar-refractivity contribution >= 4 is 11.5 Å². The number of aromatic nitrogens is 3. The van der Waals surface area contributed by atoms with Crippen molar-refractivity contribution in [2.75, 3.05) is 7.11 Å². The van der Waals surface area contributed by atoms with E-state index >= 15 is 0 Å². The standard InChI is InChI=1S/C11H13N3O5/c1-19-9(16)3-8(15)10(17)6-2-7-11(18)12-5-13-14(7)4-6/h2,4-5,8,10,15,17H,3H2,1H3,(H,12,13,18). The SMILES string of the molecule is COC(=O)CC(O)C(O)c1cc2c(=O)[nH]cnn2c1. The van der Waals surface area contributed by atoms with Gasteiger partial charge in [-0.1, -0.05) is 0 Å². The van der Waals surface area contributed by atoms with Crippen LogP contribution in [-0.2, 0) is 9.53 Å². The molecule has 2 rings (SSSR count). The molecule has 3 N–H and O–H groups in total. The lowest BCUT2D eigenvalue weighted by atomic mass is 10.1. The first-order chi connectivity index (χ1) is 9.02. The van der Waals surface area contributed by atoms with Gasteiger partial charge in [-0.3, -0.25) is 9.59 Å². The lowest BCUT2D eigenvalue weighted by molar-refractivity contribution is -0.144. The molecule has 0 aliphatic heterocycles. The Bertz CT molecular complexity index is 647. The van der Waals surface area contributed by atoms with Gasteiger partial charge in [-0.05, 0) is 6.07 Å². The van der Waals surface area contributed by atoms with Gasteiger partial charge in [0.15, 0.2) is 0 Å². The smallest absolute Gasteiger partial charge is 0.308 e. The number of ether oxygens (including phenoxy) is 1. The van der Waals surface area contributed by atoms with Crippen molar-refractivity contribution < 1.29 is 19.7 Å². The Morgan fingerprint density at radius 1 is 1.58 bits per heavy atom. The highest BCUT2D eigenvalue weighted by Crippen LogP contribution is 2.20. The van der Waals surface area contributed by atoms with Gasteiger partial charge in [0.05, 0.1) is 19.6 Å². The Balaban J connectivity index is 2.26. The minimum absolute atomic E-state index is 0.238. The summed E-state index contributed by atoms with van der Waals surface area (Å²) in [5.41, 5.74) is 0.165. The van der Waals surface area contributed by atoms with Gasteiger partial charge in [0.2, 0.25) is 0 Å². The number of aliphatic hydroxyl groups is 2. The van der Waals surface area contributed by atoms with Crippen LogP contribution in [0.2, 0.25) is 0 Å². The molecule has 2 heterocycles. The number of carbonyl (C=O) groups is 1. The van der Waals surface area contributed by atoms with Crippen LogP contribution in [0.5, 0.6) is 0 Å². The van der Waals surface area contributed by atoms with Crippen LogP contribution >= 0.6 is 0 Å². The van der Waals surface area contributed by atoms with Crippen LogP contribution in [0.3, 0.4) is 0 Å². The predicted molar refractivity (Wildman–Crippen MR) is 63.4 cm³/mol. The molecule has 0 aliphatic carbocycles. The van der Waals surface area contributed by atoms with Gasteiger partial charge in [-0.25, -0.2) is 4.52 Å². The van der Waals surface area contributed by atoms with E-state index < -0.39 is 18.2 Å². The first-order valence-electron chi connectivity index (χ1n) is 5.52. The molecule has 2 aromatic rings. The molecule has 2 unspecified atom stereocenters. The van der Waals surface area contributed by atoms with E-state index in [2.05, 4.69) is 14.8 Å². The van der Waals surface area contributed by atoms with Crippen molar-refractivity contribution in [2.45, 2.75) is 18.6 Å². The van der Waals surface area contributed by atoms with Gasteiger partial charge in [-0.2, -0.15) is 5.10 Å². The fourth-order valence-electron chi connectivity index (χ4n) is 1.71. The molecule has 8 nitrogen and oxygen atoms in total. The predicted octanol–water partition coefficient (Wildman–Crippen LogP) is -1.02. The van der Waals surface area contributed by atoms with E-state index in [1.54, 1.807) is 0 Å².